The molecule has 134 valence electrons. The van der Waals surface area contributed by atoms with Gasteiger partial charge in [0.15, 0.2) is 5.82 Å². The van der Waals surface area contributed by atoms with Crippen molar-refractivity contribution in [2.75, 3.05) is 18.0 Å². The fourth-order valence-electron chi connectivity index (χ4n) is 3.82. The van der Waals surface area contributed by atoms with Crippen LogP contribution >= 0.6 is 0 Å². The smallest absolute Gasteiger partial charge is 0.158 e. The number of aliphatic hydroxyl groups is 2. The number of hydrogen-bond donors (Lipinski definition) is 2. The Bertz CT molecular complexity index is 734. The van der Waals surface area contributed by atoms with Crippen LogP contribution in [0.15, 0.2) is 12.4 Å². The number of anilines is 1. The molecular formula is C17H24N6O2. The standard InChI is InChI=1S/C17H24N6O2/c1-22-16(9-24)20-21-17(22)11-2-4-23(5-3-11)15-8-14(18-10-19-15)12-6-13(25)7-12/h8,10-13,24-25H,2-7,9H2,1H3. The number of hydrogen-bond acceptors (Lipinski definition) is 7. The van der Waals surface area contributed by atoms with E-state index in [0.29, 0.717) is 17.7 Å². The molecule has 0 aromatic carbocycles. The van der Waals surface area contributed by atoms with Gasteiger partial charge in [-0.25, -0.2) is 9.97 Å². The van der Waals surface area contributed by atoms with Gasteiger partial charge in [-0.3, -0.25) is 0 Å². The van der Waals surface area contributed by atoms with E-state index in [9.17, 15) is 10.2 Å². The first kappa shape index (κ1) is 16.4. The number of nitrogens with zero attached hydrogens (tertiary/aromatic N) is 6. The summed E-state index contributed by atoms with van der Waals surface area (Å²) in [5, 5.41) is 27.1. The van der Waals surface area contributed by atoms with E-state index in [0.717, 1.165) is 56.1 Å². The molecule has 8 heteroatoms. The zero-order valence-corrected chi connectivity index (χ0v) is 14.4. The van der Waals surface area contributed by atoms with Gasteiger partial charge in [0.2, 0.25) is 0 Å². The number of aliphatic hydroxyl groups excluding tert-OH is 2. The number of piperidine rings is 1. The van der Waals surface area contributed by atoms with Gasteiger partial charge in [0.25, 0.3) is 0 Å². The fraction of sp³-hybridized carbons (Fsp3) is 0.647. The lowest BCUT2D eigenvalue weighted by Gasteiger charge is -2.34. The lowest BCUT2D eigenvalue weighted by Crippen LogP contribution is -2.34. The van der Waals surface area contributed by atoms with Gasteiger partial charge in [-0.2, -0.15) is 0 Å². The maximum absolute atomic E-state index is 9.49. The van der Waals surface area contributed by atoms with E-state index in [1.165, 1.54) is 0 Å². The molecule has 1 aliphatic carbocycles. The van der Waals surface area contributed by atoms with Crippen LogP contribution in [-0.2, 0) is 13.7 Å². The predicted octanol–water partition coefficient (Wildman–Crippen LogP) is 0.720. The first-order valence-corrected chi connectivity index (χ1v) is 8.89. The summed E-state index contributed by atoms with van der Waals surface area (Å²) in [4.78, 5) is 11.1. The highest BCUT2D eigenvalue weighted by molar-refractivity contribution is 5.40. The van der Waals surface area contributed by atoms with Gasteiger partial charge in [-0.15, -0.1) is 10.2 Å². The van der Waals surface area contributed by atoms with E-state index in [1.54, 1.807) is 6.33 Å². The fourth-order valence-corrected chi connectivity index (χ4v) is 3.82. The highest BCUT2D eigenvalue weighted by Gasteiger charge is 2.31. The van der Waals surface area contributed by atoms with Gasteiger partial charge >= 0.3 is 0 Å². The third-order valence-electron chi connectivity index (χ3n) is 5.53. The molecule has 1 saturated carbocycles. The summed E-state index contributed by atoms with van der Waals surface area (Å²) in [6, 6.07) is 2.07. The minimum atomic E-state index is -0.172. The topological polar surface area (TPSA) is 100 Å². The molecule has 0 radical (unpaired) electrons. The molecule has 1 saturated heterocycles. The van der Waals surface area contributed by atoms with E-state index in [2.05, 4.69) is 31.1 Å². The minimum Gasteiger partial charge on any atom is -0.393 e. The number of rotatable bonds is 4. The van der Waals surface area contributed by atoms with Crippen LogP contribution in [0.3, 0.4) is 0 Å². The minimum absolute atomic E-state index is 0.0814. The van der Waals surface area contributed by atoms with Gasteiger partial charge in [0.1, 0.15) is 24.6 Å². The van der Waals surface area contributed by atoms with Crippen molar-refractivity contribution >= 4 is 5.82 Å². The molecule has 4 rings (SSSR count). The average Bonchev–Trinajstić information content (AvgIpc) is 3.00. The molecule has 0 atom stereocenters. The molecule has 2 aromatic rings. The Morgan fingerprint density at radius 2 is 1.88 bits per heavy atom. The SMILES string of the molecule is Cn1c(CO)nnc1C1CCN(c2cc(C3CC(O)C3)ncn2)CC1. The molecule has 8 nitrogen and oxygen atoms in total. The molecule has 25 heavy (non-hydrogen) atoms. The predicted molar refractivity (Wildman–Crippen MR) is 91.1 cm³/mol. The summed E-state index contributed by atoms with van der Waals surface area (Å²) < 4.78 is 1.91. The summed E-state index contributed by atoms with van der Waals surface area (Å²) in [5.74, 6) is 3.26. The van der Waals surface area contributed by atoms with Gasteiger partial charge < -0.3 is 19.7 Å². The average molecular weight is 344 g/mol. The molecular weight excluding hydrogens is 320 g/mol. The molecule has 1 aliphatic heterocycles. The summed E-state index contributed by atoms with van der Waals surface area (Å²) in [6.45, 7) is 1.74. The number of aromatic nitrogens is 5. The second-order valence-electron chi connectivity index (χ2n) is 7.08. The van der Waals surface area contributed by atoms with Gasteiger partial charge in [0.05, 0.1) is 6.10 Å². The van der Waals surface area contributed by atoms with Crippen LogP contribution in [0, 0.1) is 0 Å². The quantitative estimate of drug-likeness (QED) is 0.843. The molecule has 2 aromatic heterocycles. The maximum Gasteiger partial charge on any atom is 0.158 e. The van der Waals surface area contributed by atoms with Crippen LogP contribution in [0.2, 0.25) is 0 Å². The summed E-state index contributed by atoms with van der Waals surface area (Å²) in [5.41, 5.74) is 1.04. The van der Waals surface area contributed by atoms with E-state index in [1.807, 2.05) is 11.6 Å². The molecule has 2 fully saturated rings. The third-order valence-corrected chi connectivity index (χ3v) is 5.53. The first-order chi connectivity index (χ1) is 12.2. The largest absolute Gasteiger partial charge is 0.393 e. The molecule has 0 spiro atoms. The van der Waals surface area contributed by atoms with Crippen molar-refractivity contribution in [1.82, 2.24) is 24.7 Å². The van der Waals surface area contributed by atoms with Crippen molar-refractivity contribution in [3.63, 3.8) is 0 Å². The monoisotopic (exact) mass is 344 g/mol. The van der Waals surface area contributed by atoms with Crippen LogP contribution in [0.4, 0.5) is 5.82 Å². The molecule has 0 amide bonds. The molecule has 0 bridgehead atoms. The third kappa shape index (κ3) is 3.11. The van der Waals surface area contributed by atoms with Crippen LogP contribution in [0.25, 0.3) is 0 Å². The van der Waals surface area contributed by atoms with Crippen molar-refractivity contribution in [1.29, 1.82) is 0 Å². The Morgan fingerprint density at radius 3 is 2.52 bits per heavy atom. The Labute approximate surface area is 146 Å². The van der Waals surface area contributed by atoms with Gasteiger partial charge in [-0.05, 0) is 25.7 Å². The first-order valence-electron chi connectivity index (χ1n) is 8.89. The van der Waals surface area contributed by atoms with Crippen molar-refractivity contribution in [3.05, 3.63) is 29.7 Å². The van der Waals surface area contributed by atoms with Crippen molar-refractivity contribution in [2.24, 2.45) is 7.05 Å². The van der Waals surface area contributed by atoms with Crippen LogP contribution in [0.1, 0.15) is 54.9 Å². The zero-order valence-electron chi connectivity index (χ0n) is 14.4. The van der Waals surface area contributed by atoms with Crippen molar-refractivity contribution in [3.8, 4) is 0 Å². The Hall–Kier alpha value is -2.06. The van der Waals surface area contributed by atoms with Crippen molar-refractivity contribution in [2.45, 2.75) is 50.2 Å². The van der Waals surface area contributed by atoms with Gasteiger partial charge in [0, 0.05) is 43.7 Å². The van der Waals surface area contributed by atoms with Gasteiger partial charge in [-0.1, -0.05) is 0 Å². The van der Waals surface area contributed by atoms with Crippen LogP contribution < -0.4 is 4.90 Å². The molecule has 2 N–H and O–H groups in total. The summed E-state index contributed by atoms with van der Waals surface area (Å²) in [6.07, 6.45) is 5.04. The second kappa shape index (κ2) is 6.68. The molecule has 0 unspecified atom stereocenters. The Kier molecular flexibility index (Phi) is 4.39. The van der Waals surface area contributed by atoms with Crippen LogP contribution in [0.5, 0.6) is 0 Å². The van der Waals surface area contributed by atoms with E-state index in [-0.39, 0.29) is 12.7 Å². The molecule has 2 aliphatic rings. The van der Waals surface area contributed by atoms with E-state index < -0.39 is 0 Å². The molecule has 3 heterocycles. The van der Waals surface area contributed by atoms with Crippen LogP contribution in [-0.4, -0.2) is 54.1 Å². The summed E-state index contributed by atoms with van der Waals surface area (Å²) >= 11 is 0. The summed E-state index contributed by atoms with van der Waals surface area (Å²) in [7, 11) is 1.91. The lowest BCUT2D eigenvalue weighted by molar-refractivity contribution is 0.0732. The van der Waals surface area contributed by atoms with E-state index in [4.69, 9.17) is 0 Å². The highest BCUT2D eigenvalue weighted by atomic mass is 16.3. The van der Waals surface area contributed by atoms with E-state index >= 15 is 0 Å². The maximum atomic E-state index is 9.49. The van der Waals surface area contributed by atoms with Crippen molar-refractivity contribution < 1.29 is 10.2 Å². The second-order valence-corrected chi connectivity index (χ2v) is 7.08. The Morgan fingerprint density at radius 1 is 1.12 bits per heavy atom. The zero-order chi connectivity index (χ0) is 17.4. The normalized spacial score (nSPS) is 24.4. The Balaban J connectivity index is 1.41. The lowest BCUT2D eigenvalue weighted by atomic mass is 9.80. The highest BCUT2D eigenvalue weighted by Crippen LogP contribution is 2.37.